The highest BCUT2D eigenvalue weighted by atomic mass is 79.9. The largest absolute Gasteiger partial charge is 0.490 e. The first kappa shape index (κ1) is 21.6. The van der Waals surface area contributed by atoms with Crippen LogP contribution in [-0.2, 0) is 14.4 Å². The Morgan fingerprint density at radius 1 is 1.39 bits per heavy atom. The Bertz CT molecular complexity index is 883. The van der Waals surface area contributed by atoms with E-state index in [9.17, 15) is 14.4 Å². The number of hydrogen-bond donors (Lipinski definition) is 2. The van der Waals surface area contributed by atoms with Crippen LogP contribution >= 0.6 is 28.1 Å². The number of carboxylic acids is 1. The van der Waals surface area contributed by atoms with Gasteiger partial charge in [-0.15, -0.1) is 6.58 Å². The molecule has 1 aliphatic rings. The van der Waals surface area contributed by atoms with Gasteiger partial charge in [-0.1, -0.05) is 6.08 Å². The number of carboxylic acid groups (broad SMARTS) is 1. The van der Waals surface area contributed by atoms with Crippen molar-refractivity contribution in [2.45, 2.75) is 6.92 Å². The van der Waals surface area contributed by atoms with E-state index in [-0.39, 0.29) is 28.7 Å². The van der Waals surface area contributed by atoms with Gasteiger partial charge in [-0.3, -0.25) is 19.8 Å². The summed E-state index contributed by atoms with van der Waals surface area (Å²) >= 11 is 8.32. The van der Waals surface area contributed by atoms with Crippen LogP contribution in [0.2, 0.25) is 0 Å². The SMILES string of the molecule is C=CCN1C(=O)/C(=C/c2cc(Br)c(OCC(=O)O)c(OCC)c2)C(=O)NC1=S. The normalized spacial score (nSPS) is 15.4. The number of thiocarbonyl (C=S) groups is 1. The highest BCUT2D eigenvalue weighted by molar-refractivity contribution is 9.10. The van der Waals surface area contributed by atoms with Gasteiger partial charge in [0.2, 0.25) is 0 Å². The lowest BCUT2D eigenvalue weighted by Crippen LogP contribution is -2.53. The Kier molecular flexibility index (Phi) is 7.30. The monoisotopic (exact) mass is 468 g/mol. The number of carbonyl (C=O) groups is 3. The second kappa shape index (κ2) is 9.47. The van der Waals surface area contributed by atoms with E-state index in [0.29, 0.717) is 16.6 Å². The van der Waals surface area contributed by atoms with Crippen molar-refractivity contribution in [2.24, 2.45) is 0 Å². The molecule has 1 heterocycles. The lowest BCUT2D eigenvalue weighted by Gasteiger charge is -2.27. The van der Waals surface area contributed by atoms with E-state index in [4.69, 9.17) is 26.8 Å². The van der Waals surface area contributed by atoms with Crippen LogP contribution in [0, 0.1) is 0 Å². The van der Waals surface area contributed by atoms with Crippen molar-refractivity contribution in [3.63, 3.8) is 0 Å². The minimum atomic E-state index is -1.14. The van der Waals surface area contributed by atoms with Crippen LogP contribution in [0.5, 0.6) is 11.5 Å². The molecule has 2 amide bonds. The highest BCUT2D eigenvalue weighted by Crippen LogP contribution is 2.37. The third kappa shape index (κ3) is 4.96. The molecule has 2 rings (SSSR count). The number of benzene rings is 1. The zero-order valence-corrected chi connectivity index (χ0v) is 17.3. The van der Waals surface area contributed by atoms with Gasteiger partial charge in [-0.25, -0.2) is 4.79 Å². The molecule has 0 unspecified atom stereocenters. The first-order chi connectivity index (χ1) is 13.3. The topological polar surface area (TPSA) is 105 Å². The molecule has 8 nitrogen and oxygen atoms in total. The lowest BCUT2D eigenvalue weighted by atomic mass is 10.1. The maximum atomic E-state index is 12.6. The Morgan fingerprint density at radius 2 is 2.11 bits per heavy atom. The van der Waals surface area contributed by atoms with Crippen molar-refractivity contribution in [3.05, 3.63) is 40.4 Å². The van der Waals surface area contributed by atoms with E-state index in [0.717, 1.165) is 0 Å². The number of hydrogen-bond acceptors (Lipinski definition) is 6. The minimum Gasteiger partial charge on any atom is -0.490 e. The highest BCUT2D eigenvalue weighted by Gasteiger charge is 2.32. The molecule has 0 atom stereocenters. The molecule has 1 aliphatic heterocycles. The number of halogens is 1. The van der Waals surface area contributed by atoms with Crippen LogP contribution < -0.4 is 14.8 Å². The standard InChI is InChI=1S/C18H17BrN2O6S/c1-3-5-21-17(25)11(16(24)20-18(21)28)6-10-7-12(19)15(27-9-14(22)23)13(8-10)26-4-2/h3,6-8H,1,4-5,9H2,2H3,(H,22,23)(H,20,24,28)/b11-6+. The minimum absolute atomic E-state index is 0.0145. The third-order valence-corrected chi connectivity index (χ3v) is 4.39. The van der Waals surface area contributed by atoms with Crippen molar-refractivity contribution in [2.75, 3.05) is 19.8 Å². The fraction of sp³-hybridized carbons (Fsp3) is 0.222. The number of nitrogens with one attached hydrogen (secondary N) is 1. The van der Waals surface area contributed by atoms with Gasteiger partial charge in [0.1, 0.15) is 5.57 Å². The van der Waals surface area contributed by atoms with Crippen molar-refractivity contribution < 1.29 is 29.0 Å². The molecule has 28 heavy (non-hydrogen) atoms. The molecule has 1 aromatic rings. The van der Waals surface area contributed by atoms with Crippen LogP contribution in [0.25, 0.3) is 6.08 Å². The summed E-state index contributed by atoms with van der Waals surface area (Å²) in [5.41, 5.74) is 0.367. The molecule has 1 saturated heterocycles. The summed E-state index contributed by atoms with van der Waals surface area (Å²) in [5, 5.41) is 11.3. The molecule has 148 valence electrons. The molecular formula is C18H17BrN2O6S. The Morgan fingerprint density at radius 3 is 2.71 bits per heavy atom. The van der Waals surface area contributed by atoms with Crippen molar-refractivity contribution in [1.82, 2.24) is 10.2 Å². The van der Waals surface area contributed by atoms with Crippen molar-refractivity contribution in [1.29, 1.82) is 0 Å². The lowest BCUT2D eigenvalue weighted by molar-refractivity contribution is -0.139. The quantitative estimate of drug-likeness (QED) is 0.260. The predicted molar refractivity (Wildman–Crippen MR) is 109 cm³/mol. The average molecular weight is 469 g/mol. The van der Waals surface area contributed by atoms with E-state index < -0.39 is 24.4 Å². The van der Waals surface area contributed by atoms with E-state index in [1.807, 2.05) is 0 Å². The molecule has 1 aromatic carbocycles. The second-order valence-corrected chi connectivity index (χ2v) is 6.71. The number of rotatable bonds is 8. The van der Waals surface area contributed by atoms with E-state index in [2.05, 4.69) is 27.8 Å². The first-order valence-electron chi connectivity index (χ1n) is 8.09. The van der Waals surface area contributed by atoms with Crippen molar-refractivity contribution in [3.8, 4) is 11.5 Å². The molecule has 2 N–H and O–H groups in total. The molecular weight excluding hydrogens is 452 g/mol. The summed E-state index contributed by atoms with van der Waals surface area (Å²) in [7, 11) is 0. The molecule has 0 bridgehead atoms. The van der Waals surface area contributed by atoms with Gasteiger partial charge in [-0.05, 0) is 58.8 Å². The average Bonchev–Trinajstić information content (AvgIpc) is 2.61. The summed E-state index contributed by atoms with van der Waals surface area (Å²) in [6.45, 7) is 5.24. The second-order valence-electron chi connectivity index (χ2n) is 5.47. The van der Waals surface area contributed by atoms with Gasteiger partial charge >= 0.3 is 5.97 Å². The maximum absolute atomic E-state index is 12.6. The smallest absolute Gasteiger partial charge is 0.341 e. The van der Waals surface area contributed by atoms with Crippen LogP contribution in [0.15, 0.2) is 34.8 Å². The fourth-order valence-electron chi connectivity index (χ4n) is 2.36. The number of amides is 2. The van der Waals surface area contributed by atoms with Gasteiger partial charge in [0, 0.05) is 6.54 Å². The van der Waals surface area contributed by atoms with Gasteiger partial charge < -0.3 is 14.6 Å². The fourth-order valence-corrected chi connectivity index (χ4v) is 3.19. The van der Waals surface area contributed by atoms with Crippen LogP contribution in [0.4, 0.5) is 0 Å². The van der Waals surface area contributed by atoms with Gasteiger partial charge in [-0.2, -0.15) is 0 Å². The van der Waals surface area contributed by atoms with Crippen LogP contribution in [0.1, 0.15) is 12.5 Å². The molecule has 0 aromatic heterocycles. The molecule has 1 fully saturated rings. The van der Waals surface area contributed by atoms with Crippen molar-refractivity contribution >= 4 is 57.1 Å². The zero-order chi connectivity index (χ0) is 20.8. The molecule has 0 aliphatic carbocycles. The summed E-state index contributed by atoms with van der Waals surface area (Å²) < 4.78 is 11.2. The third-order valence-electron chi connectivity index (χ3n) is 3.48. The van der Waals surface area contributed by atoms with Gasteiger partial charge in [0.05, 0.1) is 11.1 Å². The molecule has 10 heteroatoms. The van der Waals surface area contributed by atoms with Crippen LogP contribution in [-0.4, -0.2) is 52.7 Å². The summed E-state index contributed by atoms with van der Waals surface area (Å²) in [4.78, 5) is 36.8. The summed E-state index contributed by atoms with van der Waals surface area (Å²) in [6.07, 6.45) is 2.89. The number of carbonyl (C=O) groups excluding carboxylic acids is 2. The zero-order valence-electron chi connectivity index (χ0n) is 14.9. The maximum Gasteiger partial charge on any atom is 0.341 e. The van der Waals surface area contributed by atoms with E-state index in [1.165, 1.54) is 17.1 Å². The number of nitrogens with zero attached hydrogens (tertiary/aromatic N) is 1. The Hall–Kier alpha value is -2.72. The predicted octanol–water partition coefficient (Wildman–Crippen LogP) is 2.12. The molecule has 0 spiro atoms. The molecule has 0 saturated carbocycles. The Balaban J connectivity index is 2.44. The molecule has 0 radical (unpaired) electrons. The van der Waals surface area contributed by atoms with E-state index >= 15 is 0 Å². The van der Waals surface area contributed by atoms with Gasteiger partial charge in [0.15, 0.2) is 23.2 Å². The number of aliphatic carboxylic acids is 1. The summed E-state index contributed by atoms with van der Waals surface area (Å²) in [6, 6.07) is 3.13. The summed E-state index contributed by atoms with van der Waals surface area (Å²) in [5.74, 6) is -1.82. The Labute approximate surface area is 174 Å². The van der Waals surface area contributed by atoms with Gasteiger partial charge in [0.25, 0.3) is 11.8 Å². The van der Waals surface area contributed by atoms with E-state index in [1.54, 1.807) is 19.1 Å². The number of ether oxygens (including phenoxy) is 2. The first-order valence-corrected chi connectivity index (χ1v) is 9.29. The van der Waals surface area contributed by atoms with Crippen LogP contribution in [0.3, 0.4) is 0 Å².